The molecule has 0 bridgehead atoms. The number of para-hydroxylation sites is 2. The first-order valence-electron chi connectivity index (χ1n) is 17.2. The zero-order valence-corrected chi connectivity index (χ0v) is 28.2. The lowest BCUT2D eigenvalue weighted by Gasteiger charge is -2.11. The molecule has 11 rings (SSSR count). The molecule has 0 N–H and O–H groups in total. The van der Waals surface area contributed by atoms with Crippen molar-refractivity contribution in [3.63, 3.8) is 0 Å². The number of nitrogens with zero attached hydrogens (tertiary/aromatic N) is 4. The predicted octanol–water partition coefficient (Wildman–Crippen LogP) is 12.3. The molecule has 4 heterocycles. The lowest BCUT2D eigenvalue weighted by atomic mass is 10.0. The van der Waals surface area contributed by atoms with Gasteiger partial charge in [0.15, 0.2) is 17.5 Å². The monoisotopic (exact) mass is 672 g/mol. The molecule has 0 spiro atoms. The first-order chi connectivity index (χ1) is 25.2. The van der Waals surface area contributed by atoms with Gasteiger partial charge in [-0.05, 0) is 73.0 Å². The van der Waals surface area contributed by atoms with Crippen LogP contribution in [0.5, 0.6) is 0 Å². The number of benzene rings is 6. The molecule has 1 aliphatic rings. The van der Waals surface area contributed by atoms with Crippen LogP contribution in [0.15, 0.2) is 150 Å². The van der Waals surface area contributed by atoms with E-state index in [-0.39, 0.29) is 0 Å². The number of hydrogen-bond acceptors (Lipinski definition) is 5. The summed E-state index contributed by atoms with van der Waals surface area (Å²) in [5.74, 6) is 2.06. The highest BCUT2D eigenvalue weighted by molar-refractivity contribution is 7.25. The van der Waals surface area contributed by atoms with Gasteiger partial charge in [-0.3, -0.25) is 0 Å². The highest BCUT2D eigenvalue weighted by Crippen LogP contribution is 2.42. The number of rotatable bonds is 4. The summed E-state index contributed by atoms with van der Waals surface area (Å²) in [7, 11) is 0. The molecule has 0 atom stereocenters. The van der Waals surface area contributed by atoms with Gasteiger partial charge in [0.25, 0.3) is 0 Å². The van der Waals surface area contributed by atoms with Gasteiger partial charge in [-0.15, -0.1) is 11.3 Å². The molecule has 6 aromatic carbocycles. The molecule has 0 unspecified atom stereocenters. The number of aromatic nitrogens is 4. The largest absolute Gasteiger partial charge is 0.456 e. The molecule has 0 radical (unpaired) electrons. The van der Waals surface area contributed by atoms with E-state index < -0.39 is 0 Å². The van der Waals surface area contributed by atoms with Gasteiger partial charge in [-0.1, -0.05) is 91.0 Å². The maximum Gasteiger partial charge on any atom is 0.164 e. The van der Waals surface area contributed by atoms with Gasteiger partial charge in [0.2, 0.25) is 0 Å². The van der Waals surface area contributed by atoms with Crippen molar-refractivity contribution in [2.45, 2.75) is 12.8 Å². The molecular weight excluding hydrogens is 645 g/mol. The Balaban J connectivity index is 1.06. The summed E-state index contributed by atoms with van der Waals surface area (Å²) in [4.78, 5) is 14.9. The zero-order valence-electron chi connectivity index (χ0n) is 27.4. The summed E-state index contributed by atoms with van der Waals surface area (Å²) in [5.41, 5.74) is 8.35. The van der Waals surface area contributed by atoms with Crippen molar-refractivity contribution in [3.05, 3.63) is 151 Å². The van der Waals surface area contributed by atoms with E-state index in [2.05, 4.69) is 114 Å². The third-order valence-electron chi connectivity index (χ3n) is 10.1. The molecule has 4 aromatic heterocycles. The van der Waals surface area contributed by atoms with Crippen LogP contribution in [0, 0.1) is 0 Å². The van der Waals surface area contributed by atoms with Gasteiger partial charge in [0, 0.05) is 58.5 Å². The number of furan rings is 1. The van der Waals surface area contributed by atoms with Gasteiger partial charge in [0.1, 0.15) is 11.2 Å². The summed E-state index contributed by atoms with van der Waals surface area (Å²) < 4.78 is 11.4. The second-order valence-electron chi connectivity index (χ2n) is 13.1. The van der Waals surface area contributed by atoms with Crippen LogP contribution in [-0.2, 0) is 0 Å². The Hall–Kier alpha value is -6.37. The Bertz CT molecular complexity index is 3040. The van der Waals surface area contributed by atoms with Crippen molar-refractivity contribution < 1.29 is 4.42 Å². The molecular formula is C45H28N4OS. The highest BCUT2D eigenvalue weighted by Gasteiger charge is 2.18. The minimum Gasteiger partial charge on any atom is -0.456 e. The summed E-state index contributed by atoms with van der Waals surface area (Å²) in [5, 5.41) is 7.12. The van der Waals surface area contributed by atoms with E-state index in [9.17, 15) is 0 Å². The molecule has 0 saturated carbocycles. The van der Waals surface area contributed by atoms with E-state index in [1.165, 1.54) is 42.0 Å². The first-order valence-corrected chi connectivity index (χ1v) is 18.1. The lowest BCUT2D eigenvalue weighted by Crippen LogP contribution is -2.03. The van der Waals surface area contributed by atoms with Crippen LogP contribution >= 0.6 is 11.3 Å². The number of thiophene rings is 1. The van der Waals surface area contributed by atoms with Gasteiger partial charge in [0.05, 0.1) is 11.0 Å². The lowest BCUT2D eigenvalue weighted by molar-refractivity contribution is 0.669. The number of fused-ring (bicyclic) bond motifs is 9. The fraction of sp³-hybridized carbons (Fsp3) is 0.0444. The van der Waals surface area contributed by atoms with Crippen LogP contribution in [0.25, 0.3) is 98.0 Å². The van der Waals surface area contributed by atoms with Crippen LogP contribution in [0.3, 0.4) is 0 Å². The van der Waals surface area contributed by atoms with Gasteiger partial charge >= 0.3 is 0 Å². The summed E-state index contributed by atoms with van der Waals surface area (Å²) in [6.45, 7) is 0. The van der Waals surface area contributed by atoms with Crippen LogP contribution in [0.2, 0.25) is 0 Å². The van der Waals surface area contributed by atoms with E-state index in [4.69, 9.17) is 19.4 Å². The van der Waals surface area contributed by atoms with E-state index in [1.54, 1.807) is 0 Å². The standard InChI is InChI=1S/C45H28N4OS/c1-3-11-27(12-4-1)43-46-44(28-13-5-2-6-14-28)48-45(47-43)29-19-22-39-34(23-29)35-26-42-36(25-40(35)50-39)33-21-20-30(24-41(33)51-42)49-37-17-9-7-15-31(37)32-16-8-10-18-38(32)49/h1-5,7-13,15-26H,6,14H2. The fourth-order valence-corrected chi connectivity index (χ4v) is 8.83. The first kappa shape index (κ1) is 28.5. The van der Waals surface area contributed by atoms with Gasteiger partial charge in [-0.25, -0.2) is 15.0 Å². The molecule has 6 heteroatoms. The van der Waals surface area contributed by atoms with E-state index in [0.717, 1.165) is 63.0 Å². The second-order valence-corrected chi connectivity index (χ2v) is 14.2. The molecule has 240 valence electrons. The Morgan fingerprint density at radius 3 is 2.02 bits per heavy atom. The molecule has 0 fully saturated rings. The van der Waals surface area contributed by atoms with Gasteiger partial charge < -0.3 is 8.98 Å². The Kier molecular flexibility index (Phi) is 6.18. The third-order valence-corrected chi connectivity index (χ3v) is 11.2. The van der Waals surface area contributed by atoms with Crippen molar-refractivity contribution in [1.29, 1.82) is 0 Å². The maximum atomic E-state index is 6.49. The average molecular weight is 673 g/mol. The van der Waals surface area contributed by atoms with Crippen LogP contribution < -0.4 is 0 Å². The molecule has 0 saturated heterocycles. The van der Waals surface area contributed by atoms with Crippen LogP contribution in [-0.4, -0.2) is 19.5 Å². The Morgan fingerprint density at radius 1 is 0.529 bits per heavy atom. The third kappa shape index (κ3) is 4.50. The molecule has 0 aliphatic heterocycles. The zero-order chi connectivity index (χ0) is 33.5. The quantitative estimate of drug-likeness (QED) is 0.187. The predicted molar refractivity (Wildman–Crippen MR) is 212 cm³/mol. The molecule has 5 nitrogen and oxygen atoms in total. The van der Waals surface area contributed by atoms with Crippen molar-refractivity contribution in [1.82, 2.24) is 19.5 Å². The minimum absolute atomic E-state index is 0.658. The highest BCUT2D eigenvalue weighted by atomic mass is 32.1. The molecule has 1 aliphatic carbocycles. The molecule has 51 heavy (non-hydrogen) atoms. The fourth-order valence-electron chi connectivity index (χ4n) is 7.67. The summed E-state index contributed by atoms with van der Waals surface area (Å²) in [6, 6.07) is 45.1. The van der Waals surface area contributed by atoms with Crippen LogP contribution in [0.4, 0.5) is 0 Å². The van der Waals surface area contributed by atoms with E-state index >= 15 is 0 Å². The van der Waals surface area contributed by atoms with Crippen molar-refractivity contribution in [3.8, 4) is 28.5 Å². The number of allylic oxidation sites excluding steroid dienone is 4. The Morgan fingerprint density at radius 2 is 1.24 bits per heavy atom. The second kappa shape index (κ2) is 11.1. The van der Waals surface area contributed by atoms with Crippen molar-refractivity contribution >= 4 is 80.8 Å². The van der Waals surface area contributed by atoms with E-state index in [1.807, 2.05) is 47.7 Å². The Labute approximate surface area is 296 Å². The van der Waals surface area contributed by atoms with Crippen molar-refractivity contribution in [2.24, 2.45) is 0 Å². The summed E-state index contributed by atoms with van der Waals surface area (Å²) >= 11 is 1.83. The SMILES string of the molecule is C1=CCCC(c2nc(-c3ccccc3)nc(-c3ccc4oc5cc6c(cc5c4c3)sc3cc(-n4c5ccccc5c5ccccc54)ccc36)n2)=C1. The number of hydrogen-bond donors (Lipinski definition) is 0. The van der Waals surface area contributed by atoms with Gasteiger partial charge in [-0.2, -0.15) is 0 Å². The normalized spacial score (nSPS) is 13.4. The molecule has 0 amide bonds. The van der Waals surface area contributed by atoms with Crippen molar-refractivity contribution in [2.75, 3.05) is 0 Å². The smallest absolute Gasteiger partial charge is 0.164 e. The van der Waals surface area contributed by atoms with Crippen LogP contribution in [0.1, 0.15) is 18.7 Å². The summed E-state index contributed by atoms with van der Waals surface area (Å²) in [6.07, 6.45) is 8.28. The average Bonchev–Trinajstić information content (AvgIpc) is 3.85. The van der Waals surface area contributed by atoms with E-state index in [0.29, 0.717) is 11.6 Å². The minimum atomic E-state index is 0.658. The molecule has 10 aromatic rings. The maximum absolute atomic E-state index is 6.49. The topological polar surface area (TPSA) is 56.7 Å².